The van der Waals surface area contributed by atoms with Gasteiger partial charge in [-0.05, 0) is 51.6 Å². The molecule has 1 amide bonds. The van der Waals surface area contributed by atoms with Crippen LogP contribution in [0.15, 0.2) is 18.2 Å². The minimum atomic E-state index is -1.11. The standard InChI is InChI=1S/C22H31N3O8S/c1-2-33-17-9-8-15(25(31)32)12-14(17)13-19(34-18(22(29)30)7-3-4-10-23)20(26)24-11-5-6-16(24)21(27)28/h8-9,12,16,18-19H,2-7,10-11,13,23H2,1H3,(H,27,28)(H,29,30)/t16-,18?,19?/m0/s1. The molecule has 0 aromatic heterocycles. The molecule has 1 heterocycles. The average Bonchev–Trinajstić information content (AvgIpc) is 3.28. The largest absolute Gasteiger partial charge is 0.494 e. The summed E-state index contributed by atoms with van der Waals surface area (Å²) in [4.78, 5) is 49.1. The van der Waals surface area contributed by atoms with Crippen LogP contribution in [0.2, 0.25) is 0 Å². The molecular weight excluding hydrogens is 466 g/mol. The SMILES string of the molecule is CCOc1ccc([N+](=O)[O-])cc1CC(SC(CCCCN)C(=O)O)C(=O)N1CCC[C@H]1C(=O)O. The molecule has 2 rings (SSSR count). The van der Waals surface area contributed by atoms with Crippen LogP contribution in [-0.2, 0) is 20.8 Å². The molecule has 0 radical (unpaired) electrons. The van der Waals surface area contributed by atoms with Gasteiger partial charge >= 0.3 is 11.9 Å². The van der Waals surface area contributed by atoms with Crippen LogP contribution in [0.3, 0.4) is 0 Å². The van der Waals surface area contributed by atoms with Crippen LogP contribution >= 0.6 is 11.8 Å². The Hall–Kier alpha value is -2.86. The van der Waals surface area contributed by atoms with E-state index in [4.69, 9.17) is 10.5 Å². The molecule has 3 atom stereocenters. The molecule has 1 fully saturated rings. The summed E-state index contributed by atoms with van der Waals surface area (Å²) in [6, 6.07) is 3.09. The van der Waals surface area contributed by atoms with Crippen molar-refractivity contribution in [1.29, 1.82) is 0 Å². The van der Waals surface area contributed by atoms with E-state index in [2.05, 4.69) is 0 Å². The van der Waals surface area contributed by atoms with Crippen LogP contribution in [0, 0.1) is 10.1 Å². The predicted molar refractivity (Wildman–Crippen MR) is 126 cm³/mol. The monoisotopic (exact) mass is 497 g/mol. The van der Waals surface area contributed by atoms with Crippen LogP contribution in [0.25, 0.3) is 0 Å². The van der Waals surface area contributed by atoms with Gasteiger partial charge in [-0.3, -0.25) is 19.7 Å². The number of rotatable bonds is 14. The number of hydrogen-bond donors (Lipinski definition) is 3. The van der Waals surface area contributed by atoms with Gasteiger partial charge in [0, 0.05) is 24.2 Å². The van der Waals surface area contributed by atoms with Crippen molar-refractivity contribution in [2.24, 2.45) is 5.73 Å². The first-order valence-electron chi connectivity index (χ1n) is 11.2. The van der Waals surface area contributed by atoms with E-state index in [1.807, 2.05) is 0 Å². The first-order valence-corrected chi connectivity index (χ1v) is 12.2. The predicted octanol–water partition coefficient (Wildman–Crippen LogP) is 2.30. The van der Waals surface area contributed by atoms with Crippen molar-refractivity contribution in [3.63, 3.8) is 0 Å². The third kappa shape index (κ3) is 7.32. The van der Waals surface area contributed by atoms with Gasteiger partial charge in [-0.15, -0.1) is 11.8 Å². The summed E-state index contributed by atoms with van der Waals surface area (Å²) < 4.78 is 5.59. The van der Waals surface area contributed by atoms with Gasteiger partial charge in [0.1, 0.15) is 17.0 Å². The van der Waals surface area contributed by atoms with Gasteiger partial charge in [-0.2, -0.15) is 0 Å². The molecule has 0 saturated carbocycles. The van der Waals surface area contributed by atoms with E-state index in [0.29, 0.717) is 50.1 Å². The van der Waals surface area contributed by atoms with Crippen LogP contribution < -0.4 is 10.5 Å². The summed E-state index contributed by atoms with van der Waals surface area (Å²) in [7, 11) is 0. The lowest BCUT2D eigenvalue weighted by Gasteiger charge is -2.28. The maximum atomic E-state index is 13.5. The van der Waals surface area contributed by atoms with Crippen molar-refractivity contribution >= 4 is 35.3 Å². The molecule has 1 aliphatic heterocycles. The number of ether oxygens (including phenoxy) is 1. The van der Waals surface area contributed by atoms with E-state index in [1.54, 1.807) is 6.92 Å². The Morgan fingerprint density at radius 3 is 2.62 bits per heavy atom. The number of unbranched alkanes of at least 4 members (excludes halogenated alkanes) is 1. The lowest BCUT2D eigenvalue weighted by molar-refractivity contribution is -0.384. The first kappa shape index (κ1) is 27.4. The minimum absolute atomic E-state index is 0.0377. The number of carboxylic acids is 2. The fourth-order valence-electron chi connectivity index (χ4n) is 3.92. The second kappa shape index (κ2) is 13.1. The van der Waals surface area contributed by atoms with Crippen LogP contribution in [0.1, 0.15) is 44.6 Å². The van der Waals surface area contributed by atoms with Crippen molar-refractivity contribution in [3.05, 3.63) is 33.9 Å². The summed E-state index contributed by atoms with van der Waals surface area (Å²) in [5.74, 6) is -2.33. The number of nitrogens with two attached hydrogens (primary N) is 1. The number of nitrogens with zero attached hydrogens (tertiary/aromatic N) is 2. The third-order valence-electron chi connectivity index (χ3n) is 5.58. The summed E-state index contributed by atoms with van der Waals surface area (Å²) in [6.07, 6.45) is 2.29. The molecule has 0 bridgehead atoms. The highest BCUT2D eigenvalue weighted by atomic mass is 32.2. The maximum Gasteiger partial charge on any atom is 0.326 e. The van der Waals surface area contributed by atoms with E-state index in [0.717, 1.165) is 11.8 Å². The van der Waals surface area contributed by atoms with Crippen molar-refractivity contribution in [2.75, 3.05) is 19.7 Å². The first-order chi connectivity index (χ1) is 16.2. The smallest absolute Gasteiger partial charge is 0.326 e. The molecule has 34 heavy (non-hydrogen) atoms. The Morgan fingerprint density at radius 2 is 2.03 bits per heavy atom. The summed E-state index contributed by atoms with van der Waals surface area (Å²) in [5, 5.41) is 28.7. The van der Waals surface area contributed by atoms with Gasteiger partial charge in [0.25, 0.3) is 5.69 Å². The molecule has 11 nitrogen and oxygen atoms in total. The quantitative estimate of drug-likeness (QED) is 0.196. The molecule has 188 valence electrons. The summed E-state index contributed by atoms with van der Waals surface area (Å²) in [6.45, 7) is 2.71. The summed E-state index contributed by atoms with van der Waals surface area (Å²) in [5.41, 5.74) is 5.72. The number of nitro groups is 1. The van der Waals surface area contributed by atoms with Crippen molar-refractivity contribution in [1.82, 2.24) is 4.90 Å². The number of nitro benzene ring substituents is 1. The van der Waals surface area contributed by atoms with E-state index >= 15 is 0 Å². The van der Waals surface area contributed by atoms with Crippen molar-refractivity contribution in [2.45, 2.75) is 62.0 Å². The number of hydrogen-bond acceptors (Lipinski definition) is 8. The molecule has 12 heteroatoms. The molecule has 1 aliphatic rings. The van der Waals surface area contributed by atoms with E-state index in [9.17, 15) is 34.7 Å². The van der Waals surface area contributed by atoms with Gasteiger partial charge in [0.2, 0.25) is 5.91 Å². The molecule has 1 aromatic carbocycles. The van der Waals surface area contributed by atoms with Gasteiger partial charge in [-0.1, -0.05) is 6.42 Å². The van der Waals surface area contributed by atoms with Crippen molar-refractivity contribution in [3.8, 4) is 5.75 Å². The molecular formula is C22H31N3O8S. The number of carbonyl (C=O) groups is 3. The molecule has 1 aromatic rings. The van der Waals surface area contributed by atoms with E-state index < -0.39 is 39.3 Å². The molecule has 2 unspecified atom stereocenters. The highest BCUT2D eigenvalue weighted by molar-refractivity contribution is 8.01. The van der Waals surface area contributed by atoms with E-state index in [1.165, 1.54) is 23.1 Å². The highest BCUT2D eigenvalue weighted by Crippen LogP contribution is 2.33. The Bertz CT molecular complexity index is 897. The Labute approximate surface area is 201 Å². The Morgan fingerprint density at radius 1 is 1.29 bits per heavy atom. The van der Waals surface area contributed by atoms with Gasteiger partial charge in [0.05, 0.1) is 16.8 Å². The zero-order chi connectivity index (χ0) is 25.3. The zero-order valence-corrected chi connectivity index (χ0v) is 19.9. The summed E-state index contributed by atoms with van der Waals surface area (Å²) >= 11 is 0.943. The number of carboxylic acid groups (broad SMARTS) is 2. The normalized spacial score (nSPS) is 17.2. The zero-order valence-electron chi connectivity index (χ0n) is 19.1. The number of amides is 1. The molecule has 0 aliphatic carbocycles. The van der Waals surface area contributed by atoms with Crippen LogP contribution in [0.5, 0.6) is 5.75 Å². The number of likely N-dealkylation sites (tertiary alicyclic amines) is 1. The van der Waals surface area contributed by atoms with Gasteiger partial charge in [0.15, 0.2) is 0 Å². The van der Waals surface area contributed by atoms with Crippen molar-refractivity contribution < 1.29 is 34.3 Å². The Balaban J connectivity index is 2.41. The fraction of sp³-hybridized carbons (Fsp3) is 0.591. The topological polar surface area (TPSA) is 173 Å². The minimum Gasteiger partial charge on any atom is -0.494 e. The number of non-ortho nitro benzene ring substituents is 1. The maximum absolute atomic E-state index is 13.5. The van der Waals surface area contributed by atoms with Crippen LogP contribution in [0.4, 0.5) is 5.69 Å². The average molecular weight is 498 g/mol. The number of carbonyl (C=O) groups excluding carboxylic acids is 1. The Kier molecular flexibility index (Phi) is 10.6. The lowest BCUT2D eigenvalue weighted by Crippen LogP contribution is -2.46. The molecule has 0 spiro atoms. The number of benzene rings is 1. The third-order valence-corrected chi connectivity index (χ3v) is 7.04. The second-order valence-electron chi connectivity index (χ2n) is 7.95. The number of thioether (sulfide) groups is 1. The van der Waals surface area contributed by atoms with Gasteiger partial charge in [-0.25, -0.2) is 4.79 Å². The lowest BCUT2D eigenvalue weighted by atomic mass is 10.1. The van der Waals surface area contributed by atoms with E-state index in [-0.39, 0.29) is 25.1 Å². The molecule has 1 saturated heterocycles. The fourth-order valence-corrected chi connectivity index (χ4v) is 5.27. The highest BCUT2D eigenvalue weighted by Gasteiger charge is 2.39. The van der Waals surface area contributed by atoms with Gasteiger partial charge < -0.3 is 25.6 Å². The van der Waals surface area contributed by atoms with Crippen LogP contribution in [-0.4, -0.2) is 74.1 Å². The second-order valence-corrected chi connectivity index (χ2v) is 9.36. The number of aliphatic carboxylic acids is 2. The molecule has 4 N–H and O–H groups in total.